The standard InChI is InChI=1S/C12H25N/c1-10-8-7-9-13(6)12(4,5)11(10,2)3/h10H,7-9H2,1-6H3. The second kappa shape index (κ2) is 3.27. The molecule has 0 aromatic carbocycles. The highest BCUT2D eigenvalue weighted by Gasteiger charge is 2.44. The third-order valence-corrected chi connectivity index (χ3v) is 4.89. The smallest absolute Gasteiger partial charge is 0.0203 e. The van der Waals surface area contributed by atoms with Crippen LogP contribution in [0.15, 0.2) is 0 Å². The molecule has 1 fully saturated rings. The predicted octanol–water partition coefficient (Wildman–Crippen LogP) is 3.15. The molecular weight excluding hydrogens is 158 g/mol. The maximum atomic E-state index is 2.52. The van der Waals surface area contributed by atoms with Gasteiger partial charge in [0.25, 0.3) is 0 Å². The van der Waals surface area contributed by atoms with Gasteiger partial charge in [0, 0.05) is 5.54 Å². The van der Waals surface area contributed by atoms with Crippen LogP contribution >= 0.6 is 0 Å². The van der Waals surface area contributed by atoms with Crippen molar-refractivity contribution >= 4 is 0 Å². The molecule has 0 aromatic heterocycles. The quantitative estimate of drug-likeness (QED) is 0.557. The maximum Gasteiger partial charge on any atom is 0.0203 e. The zero-order chi connectivity index (χ0) is 10.3. The molecule has 0 amide bonds. The molecule has 0 saturated carbocycles. The molecule has 1 atom stereocenters. The van der Waals surface area contributed by atoms with Crippen LogP contribution in [-0.2, 0) is 0 Å². The first kappa shape index (κ1) is 11.0. The molecule has 1 heterocycles. The molecule has 1 aliphatic heterocycles. The van der Waals surface area contributed by atoms with Crippen LogP contribution in [0.2, 0.25) is 0 Å². The van der Waals surface area contributed by atoms with Crippen molar-refractivity contribution in [3.63, 3.8) is 0 Å². The lowest BCUT2D eigenvalue weighted by Gasteiger charge is -2.49. The third kappa shape index (κ3) is 1.63. The Morgan fingerprint density at radius 2 is 1.69 bits per heavy atom. The molecule has 1 nitrogen and oxygen atoms in total. The number of likely N-dealkylation sites (tertiary alicyclic amines) is 1. The number of nitrogens with zero attached hydrogens (tertiary/aromatic N) is 1. The molecule has 1 saturated heterocycles. The van der Waals surface area contributed by atoms with Crippen molar-refractivity contribution in [2.75, 3.05) is 13.6 Å². The van der Waals surface area contributed by atoms with Crippen molar-refractivity contribution < 1.29 is 0 Å². The first-order valence-corrected chi connectivity index (χ1v) is 5.51. The Labute approximate surface area is 83.5 Å². The third-order valence-electron chi connectivity index (χ3n) is 4.89. The minimum absolute atomic E-state index is 0.322. The van der Waals surface area contributed by atoms with Gasteiger partial charge in [0.1, 0.15) is 0 Å². The summed E-state index contributed by atoms with van der Waals surface area (Å²) in [6.07, 6.45) is 2.73. The number of hydrogen-bond donors (Lipinski definition) is 0. The van der Waals surface area contributed by atoms with E-state index in [9.17, 15) is 0 Å². The number of rotatable bonds is 0. The van der Waals surface area contributed by atoms with Crippen LogP contribution in [-0.4, -0.2) is 24.0 Å². The maximum absolute atomic E-state index is 2.52. The van der Waals surface area contributed by atoms with Gasteiger partial charge in [-0.2, -0.15) is 0 Å². The fourth-order valence-corrected chi connectivity index (χ4v) is 2.37. The Hall–Kier alpha value is -0.0400. The van der Waals surface area contributed by atoms with Gasteiger partial charge in [-0.05, 0) is 51.6 Å². The highest BCUT2D eigenvalue weighted by molar-refractivity contribution is 4.98. The van der Waals surface area contributed by atoms with Gasteiger partial charge in [-0.25, -0.2) is 0 Å². The fraction of sp³-hybridized carbons (Fsp3) is 1.00. The Morgan fingerprint density at radius 1 is 1.15 bits per heavy atom. The van der Waals surface area contributed by atoms with Crippen LogP contribution in [0.25, 0.3) is 0 Å². The molecule has 78 valence electrons. The van der Waals surface area contributed by atoms with Crippen LogP contribution in [0.1, 0.15) is 47.5 Å². The monoisotopic (exact) mass is 183 g/mol. The summed E-state index contributed by atoms with van der Waals surface area (Å²) in [5, 5.41) is 0. The van der Waals surface area contributed by atoms with Crippen molar-refractivity contribution in [3.05, 3.63) is 0 Å². The van der Waals surface area contributed by atoms with Gasteiger partial charge in [0.2, 0.25) is 0 Å². The van der Waals surface area contributed by atoms with Crippen molar-refractivity contribution in [2.45, 2.75) is 53.0 Å². The molecule has 1 heteroatoms. The average molecular weight is 183 g/mol. The largest absolute Gasteiger partial charge is 0.301 e. The topological polar surface area (TPSA) is 3.24 Å². The van der Waals surface area contributed by atoms with E-state index in [1.807, 2.05) is 0 Å². The molecular formula is C12H25N. The molecule has 1 rings (SSSR count). The summed E-state index contributed by atoms with van der Waals surface area (Å²) in [6, 6.07) is 0. The highest BCUT2D eigenvalue weighted by Crippen LogP contribution is 2.45. The predicted molar refractivity (Wildman–Crippen MR) is 58.9 cm³/mol. The first-order valence-electron chi connectivity index (χ1n) is 5.51. The zero-order valence-electron chi connectivity index (χ0n) is 10.1. The van der Waals surface area contributed by atoms with Gasteiger partial charge < -0.3 is 4.90 Å². The fourth-order valence-electron chi connectivity index (χ4n) is 2.37. The van der Waals surface area contributed by atoms with E-state index in [2.05, 4.69) is 46.6 Å². The highest BCUT2D eigenvalue weighted by atomic mass is 15.2. The minimum Gasteiger partial charge on any atom is -0.301 e. The second-order valence-electron chi connectivity index (χ2n) is 5.75. The van der Waals surface area contributed by atoms with E-state index in [0.29, 0.717) is 11.0 Å². The molecule has 1 aliphatic rings. The molecule has 0 radical (unpaired) electrons. The van der Waals surface area contributed by atoms with E-state index in [0.717, 1.165) is 5.92 Å². The molecule has 0 aliphatic carbocycles. The van der Waals surface area contributed by atoms with Gasteiger partial charge in [0.05, 0.1) is 0 Å². The average Bonchev–Trinajstić information content (AvgIpc) is 2.06. The summed E-state index contributed by atoms with van der Waals surface area (Å²) in [5.41, 5.74) is 0.737. The molecule has 1 unspecified atom stereocenters. The van der Waals surface area contributed by atoms with Crippen molar-refractivity contribution in [3.8, 4) is 0 Å². The molecule has 13 heavy (non-hydrogen) atoms. The van der Waals surface area contributed by atoms with Crippen molar-refractivity contribution in [1.29, 1.82) is 0 Å². The summed E-state index contributed by atoms with van der Waals surface area (Å²) in [7, 11) is 2.26. The molecule has 0 aromatic rings. The summed E-state index contributed by atoms with van der Waals surface area (Å²) in [4.78, 5) is 2.52. The van der Waals surface area contributed by atoms with E-state index in [-0.39, 0.29) is 0 Å². The SMILES string of the molecule is CC1CCCN(C)C(C)(C)C1(C)C. The van der Waals surface area contributed by atoms with Crippen molar-refractivity contribution in [2.24, 2.45) is 11.3 Å². The van der Waals surface area contributed by atoms with Gasteiger partial charge in [-0.3, -0.25) is 0 Å². The van der Waals surface area contributed by atoms with Crippen LogP contribution in [0.5, 0.6) is 0 Å². The van der Waals surface area contributed by atoms with Crippen LogP contribution in [0.4, 0.5) is 0 Å². The first-order chi connectivity index (χ1) is 5.80. The summed E-state index contributed by atoms with van der Waals surface area (Å²) < 4.78 is 0. The lowest BCUT2D eigenvalue weighted by molar-refractivity contribution is 0.0134. The summed E-state index contributed by atoms with van der Waals surface area (Å²) in [6.45, 7) is 13.3. The van der Waals surface area contributed by atoms with Crippen LogP contribution in [0.3, 0.4) is 0 Å². The molecule has 0 bridgehead atoms. The van der Waals surface area contributed by atoms with Crippen LogP contribution in [0, 0.1) is 11.3 Å². The normalized spacial score (nSPS) is 34.2. The van der Waals surface area contributed by atoms with Crippen LogP contribution < -0.4 is 0 Å². The Bertz CT molecular complexity index is 162. The Morgan fingerprint density at radius 3 is 2.23 bits per heavy atom. The van der Waals surface area contributed by atoms with E-state index in [1.165, 1.54) is 19.4 Å². The Kier molecular flexibility index (Phi) is 2.78. The van der Waals surface area contributed by atoms with Gasteiger partial charge in [0.15, 0.2) is 0 Å². The Balaban J connectivity index is 2.98. The summed E-state index contributed by atoms with van der Waals surface area (Å²) >= 11 is 0. The van der Waals surface area contributed by atoms with Gasteiger partial charge >= 0.3 is 0 Å². The molecule has 0 N–H and O–H groups in total. The van der Waals surface area contributed by atoms with E-state index < -0.39 is 0 Å². The van der Waals surface area contributed by atoms with Gasteiger partial charge in [-0.1, -0.05) is 20.8 Å². The minimum atomic E-state index is 0.322. The second-order valence-corrected chi connectivity index (χ2v) is 5.75. The van der Waals surface area contributed by atoms with E-state index in [1.54, 1.807) is 0 Å². The summed E-state index contributed by atoms with van der Waals surface area (Å²) in [5.74, 6) is 0.826. The van der Waals surface area contributed by atoms with E-state index in [4.69, 9.17) is 0 Å². The zero-order valence-corrected chi connectivity index (χ0v) is 10.1. The lowest BCUT2D eigenvalue weighted by atomic mass is 9.66. The van der Waals surface area contributed by atoms with E-state index >= 15 is 0 Å². The number of hydrogen-bond acceptors (Lipinski definition) is 1. The lowest BCUT2D eigenvalue weighted by Crippen LogP contribution is -2.53. The van der Waals surface area contributed by atoms with Gasteiger partial charge in [-0.15, -0.1) is 0 Å². The van der Waals surface area contributed by atoms with Crippen molar-refractivity contribution in [1.82, 2.24) is 4.90 Å². The molecule has 0 spiro atoms.